The molecule has 0 fully saturated rings. The van der Waals surface area contributed by atoms with Gasteiger partial charge in [0.2, 0.25) is 0 Å². The Balaban J connectivity index is 2.18. The van der Waals surface area contributed by atoms with Gasteiger partial charge in [-0.05, 0) is 13.1 Å². The Morgan fingerprint density at radius 2 is 2.00 bits per heavy atom. The molecule has 0 aliphatic carbocycles. The summed E-state index contributed by atoms with van der Waals surface area (Å²) >= 11 is 0. The summed E-state index contributed by atoms with van der Waals surface area (Å²) in [6.07, 6.45) is 5.41. The van der Waals surface area contributed by atoms with Gasteiger partial charge < -0.3 is 10.3 Å². The summed E-state index contributed by atoms with van der Waals surface area (Å²) in [4.78, 5) is 12.0. The normalized spacial score (nSPS) is 12.7. The Kier molecular flexibility index (Phi) is 2.78. The van der Waals surface area contributed by atoms with Gasteiger partial charge in [-0.15, -0.1) is 0 Å². The van der Waals surface area contributed by atoms with E-state index in [-0.39, 0.29) is 6.04 Å². The van der Waals surface area contributed by atoms with Gasteiger partial charge in [0.15, 0.2) is 0 Å². The maximum atomic E-state index is 4.48. The zero-order valence-corrected chi connectivity index (χ0v) is 10.1. The number of para-hydroxylation sites is 1. The molecule has 1 unspecified atom stereocenters. The molecule has 18 heavy (non-hydrogen) atoms. The van der Waals surface area contributed by atoms with Gasteiger partial charge >= 0.3 is 0 Å². The molecule has 2 aromatic heterocycles. The van der Waals surface area contributed by atoms with Crippen molar-refractivity contribution >= 4 is 10.9 Å². The molecule has 0 bridgehead atoms. The van der Waals surface area contributed by atoms with Crippen LogP contribution in [0.5, 0.6) is 0 Å². The molecular weight excluding hydrogens is 224 g/mol. The monoisotopic (exact) mass is 238 g/mol. The average molecular weight is 238 g/mol. The summed E-state index contributed by atoms with van der Waals surface area (Å²) in [5.41, 5.74) is 2.14. The van der Waals surface area contributed by atoms with Crippen LogP contribution < -0.4 is 5.32 Å². The van der Waals surface area contributed by atoms with Crippen LogP contribution >= 0.6 is 0 Å². The highest BCUT2D eigenvalue weighted by molar-refractivity contribution is 5.82. The molecule has 0 saturated carbocycles. The van der Waals surface area contributed by atoms with Crippen molar-refractivity contribution in [1.29, 1.82) is 0 Å². The van der Waals surface area contributed by atoms with Crippen molar-refractivity contribution in [3.05, 3.63) is 60.3 Å². The number of aromatic amines is 1. The molecule has 0 amide bonds. The fourth-order valence-electron chi connectivity index (χ4n) is 2.24. The molecule has 4 nitrogen and oxygen atoms in total. The number of pyridine rings is 1. The minimum atomic E-state index is 0.0265. The van der Waals surface area contributed by atoms with Crippen LogP contribution in [0.4, 0.5) is 0 Å². The molecule has 0 aliphatic rings. The number of hydrogen-bond donors (Lipinski definition) is 2. The van der Waals surface area contributed by atoms with Gasteiger partial charge in [0.25, 0.3) is 0 Å². The molecule has 0 spiro atoms. The number of rotatable bonds is 3. The number of H-pyrrole nitrogens is 1. The molecule has 1 aromatic carbocycles. The van der Waals surface area contributed by atoms with Gasteiger partial charge in [-0.3, -0.25) is 4.98 Å². The number of imidazole rings is 1. The molecular formula is C14H14N4. The fraction of sp³-hybridized carbons (Fsp3) is 0.143. The molecule has 2 N–H and O–H groups in total. The van der Waals surface area contributed by atoms with Crippen molar-refractivity contribution in [3.8, 4) is 0 Å². The number of fused-ring (bicyclic) bond motifs is 1. The van der Waals surface area contributed by atoms with Gasteiger partial charge in [0.1, 0.15) is 5.82 Å². The smallest absolute Gasteiger partial charge is 0.127 e. The summed E-state index contributed by atoms with van der Waals surface area (Å²) in [5.74, 6) is 0.899. The number of hydrogen-bond acceptors (Lipinski definition) is 3. The lowest BCUT2D eigenvalue weighted by Gasteiger charge is -2.15. The third kappa shape index (κ3) is 1.76. The third-order valence-electron chi connectivity index (χ3n) is 3.06. The SMILES string of the molecule is CNC(c1ncc[nH]1)c1cccc2cccnc12. The zero-order chi connectivity index (χ0) is 12.4. The molecule has 0 saturated heterocycles. The first-order valence-corrected chi connectivity index (χ1v) is 5.90. The lowest BCUT2D eigenvalue weighted by Crippen LogP contribution is -2.19. The molecule has 3 rings (SSSR count). The maximum absolute atomic E-state index is 4.48. The fourth-order valence-corrected chi connectivity index (χ4v) is 2.24. The van der Waals surface area contributed by atoms with Gasteiger partial charge in [-0.1, -0.05) is 24.3 Å². The second-order valence-electron chi connectivity index (χ2n) is 4.12. The van der Waals surface area contributed by atoms with Crippen molar-refractivity contribution in [2.75, 3.05) is 7.05 Å². The maximum Gasteiger partial charge on any atom is 0.127 e. The number of aromatic nitrogens is 3. The Morgan fingerprint density at radius 1 is 1.11 bits per heavy atom. The highest BCUT2D eigenvalue weighted by Crippen LogP contribution is 2.25. The minimum absolute atomic E-state index is 0.0265. The topological polar surface area (TPSA) is 53.6 Å². The average Bonchev–Trinajstić information content (AvgIpc) is 2.94. The summed E-state index contributed by atoms with van der Waals surface area (Å²) in [6.45, 7) is 0. The Bertz CT molecular complexity index is 640. The van der Waals surface area contributed by atoms with E-state index in [2.05, 4.69) is 38.5 Å². The van der Waals surface area contributed by atoms with Gasteiger partial charge in [0.05, 0.1) is 11.6 Å². The van der Waals surface area contributed by atoms with E-state index in [1.165, 1.54) is 0 Å². The number of benzene rings is 1. The molecule has 2 heterocycles. The van der Waals surface area contributed by atoms with Gasteiger partial charge in [0, 0.05) is 29.5 Å². The lowest BCUT2D eigenvalue weighted by atomic mass is 10.0. The van der Waals surface area contributed by atoms with Crippen molar-refractivity contribution in [1.82, 2.24) is 20.3 Å². The van der Waals surface area contributed by atoms with Crippen LogP contribution in [0.25, 0.3) is 10.9 Å². The van der Waals surface area contributed by atoms with Crippen LogP contribution in [0.1, 0.15) is 17.4 Å². The van der Waals surface area contributed by atoms with E-state index in [1.54, 1.807) is 6.20 Å². The predicted molar refractivity (Wildman–Crippen MR) is 71.2 cm³/mol. The first-order valence-electron chi connectivity index (χ1n) is 5.90. The first kappa shape index (κ1) is 10.9. The minimum Gasteiger partial charge on any atom is -0.347 e. The van der Waals surface area contributed by atoms with Crippen LogP contribution in [0, 0.1) is 0 Å². The zero-order valence-electron chi connectivity index (χ0n) is 10.1. The van der Waals surface area contributed by atoms with E-state index in [1.807, 2.05) is 31.6 Å². The predicted octanol–water partition coefficient (Wildman–Crippen LogP) is 2.27. The summed E-state index contributed by atoms with van der Waals surface area (Å²) < 4.78 is 0. The molecule has 3 aromatic rings. The Morgan fingerprint density at radius 3 is 2.78 bits per heavy atom. The molecule has 0 aliphatic heterocycles. The molecule has 1 atom stereocenters. The van der Waals surface area contributed by atoms with Crippen molar-refractivity contribution < 1.29 is 0 Å². The quantitative estimate of drug-likeness (QED) is 0.736. The van der Waals surface area contributed by atoms with Crippen LogP contribution in [0.2, 0.25) is 0 Å². The van der Waals surface area contributed by atoms with Gasteiger partial charge in [-0.2, -0.15) is 0 Å². The largest absolute Gasteiger partial charge is 0.347 e. The van der Waals surface area contributed by atoms with Crippen LogP contribution in [0.3, 0.4) is 0 Å². The molecule has 4 heteroatoms. The summed E-state index contributed by atoms with van der Waals surface area (Å²) in [6, 6.07) is 10.2. The van der Waals surface area contributed by atoms with Crippen molar-refractivity contribution in [3.63, 3.8) is 0 Å². The standard InChI is InChI=1S/C14H14N4/c1-15-13(14-17-8-9-18-14)11-6-2-4-10-5-3-7-16-12(10)11/h2-9,13,15H,1H3,(H,17,18). The Hall–Kier alpha value is -2.20. The second kappa shape index (κ2) is 4.58. The van der Waals surface area contributed by atoms with E-state index in [4.69, 9.17) is 0 Å². The lowest BCUT2D eigenvalue weighted by molar-refractivity contribution is 0.658. The van der Waals surface area contributed by atoms with E-state index in [0.717, 1.165) is 22.3 Å². The van der Waals surface area contributed by atoms with E-state index < -0.39 is 0 Å². The van der Waals surface area contributed by atoms with E-state index >= 15 is 0 Å². The molecule has 90 valence electrons. The highest BCUT2D eigenvalue weighted by atomic mass is 15.0. The molecule has 0 radical (unpaired) electrons. The van der Waals surface area contributed by atoms with Crippen molar-refractivity contribution in [2.24, 2.45) is 0 Å². The van der Waals surface area contributed by atoms with Gasteiger partial charge in [-0.25, -0.2) is 4.98 Å². The first-order chi connectivity index (χ1) is 8.90. The number of nitrogens with zero attached hydrogens (tertiary/aromatic N) is 2. The second-order valence-corrected chi connectivity index (χ2v) is 4.12. The summed E-state index contributed by atoms with van der Waals surface area (Å²) in [5, 5.41) is 4.42. The van der Waals surface area contributed by atoms with Crippen LogP contribution in [-0.4, -0.2) is 22.0 Å². The highest BCUT2D eigenvalue weighted by Gasteiger charge is 2.17. The van der Waals surface area contributed by atoms with E-state index in [0.29, 0.717) is 0 Å². The van der Waals surface area contributed by atoms with E-state index in [9.17, 15) is 0 Å². The summed E-state index contributed by atoms with van der Waals surface area (Å²) in [7, 11) is 1.93. The van der Waals surface area contributed by atoms with Crippen LogP contribution in [-0.2, 0) is 0 Å². The Labute approximate surface area is 105 Å². The number of nitrogens with one attached hydrogen (secondary N) is 2. The van der Waals surface area contributed by atoms with Crippen molar-refractivity contribution in [2.45, 2.75) is 6.04 Å². The van der Waals surface area contributed by atoms with Crippen LogP contribution in [0.15, 0.2) is 48.9 Å². The third-order valence-corrected chi connectivity index (χ3v) is 3.06.